The second-order valence-corrected chi connectivity index (χ2v) is 4.16. The molecule has 84 valence electrons. The van der Waals surface area contributed by atoms with Gasteiger partial charge in [-0.15, -0.1) is 0 Å². The Morgan fingerprint density at radius 1 is 1.47 bits per heavy atom. The third-order valence-corrected chi connectivity index (χ3v) is 2.59. The third kappa shape index (κ3) is 3.82. The molecule has 3 heteroatoms. The van der Waals surface area contributed by atoms with Crippen molar-refractivity contribution in [3.05, 3.63) is 34.3 Å². The molecule has 1 aromatic rings. The number of halogens is 1. The van der Waals surface area contributed by atoms with Gasteiger partial charge in [0.25, 0.3) is 0 Å². The predicted molar refractivity (Wildman–Crippen MR) is 64.3 cm³/mol. The molecule has 0 aromatic heterocycles. The highest BCUT2D eigenvalue weighted by atomic mass is 35.5. The average Bonchev–Trinajstić information content (AvgIpc) is 2.17. The molecule has 2 N–H and O–H groups in total. The highest BCUT2D eigenvalue weighted by molar-refractivity contribution is 6.30. The van der Waals surface area contributed by atoms with E-state index in [1.54, 1.807) is 0 Å². The Kier molecular flexibility index (Phi) is 5.09. The fraction of sp³-hybridized carbons (Fsp3) is 0.500. The van der Waals surface area contributed by atoms with E-state index < -0.39 is 6.10 Å². The standard InChI is InChI=1S/C12H18ClNO/c1-3-6-14-8-12(15)11-5-4-10(13)7-9(11)2/h4-5,7,12,14-15H,3,6,8H2,1-2H3. The van der Waals surface area contributed by atoms with Gasteiger partial charge in [0.1, 0.15) is 0 Å². The van der Waals surface area contributed by atoms with Gasteiger partial charge in [-0.2, -0.15) is 0 Å². The summed E-state index contributed by atoms with van der Waals surface area (Å²) in [5.41, 5.74) is 1.98. The fourth-order valence-electron chi connectivity index (χ4n) is 1.54. The van der Waals surface area contributed by atoms with Crippen molar-refractivity contribution in [2.24, 2.45) is 0 Å². The highest BCUT2D eigenvalue weighted by Gasteiger charge is 2.09. The smallest absolute Gasteiger partial charge is 0.0916 e. The normalized spacial score (nSPS) is 12.8. The maximum atomic E-state index is 9.91. The zero-order valence-corrected chi connectivity index (χ0v) is 10.0. The minimum Gasteiger partial charge on any atom is -0.387 e. The van der Waals surface area contributed by atoms with Crippen LogP contribution in [0.4, 0.5) is 0 Å². The molecule has 0 aliphatic carbocycles. The van der Waals surface area contributed by atoms with Crippen molar-refractivity contribution >= 4 is 11.6 Å². The van der Waals surface area contributed by atoms with Crippen LogP contribution in [0.5, 0.6) is 0 Å². The molecule has 0 aliphatic rings. The summed E-state index contributed by atoms with van der Waals surface area (Å²) < 4.78 is 0. The zero-order chi connectivity index (χ0) is 11.3. The van der Waals surface area contributed by atoms with Crippen molar-refractivity contribution in [1.29, 1.82) is 0 Å². The summed E-state index contributed by atoms with van der Waals surface area (Å²) >= 11 is 5.85. The molecule has 0 spiro atoms. The van der Waals surface area contributed by atoms with E-state index in [0.717, 1.165) is 24.1 Å². The van der Waals surface area contributed by atoms with Gasteiger partial charge in [0, 0.05) is 11.6 Å². The molecular weight excluding hydrogens is 210 g/mol. The summed E-state index contributed by atoms with van der Waals surface area (Å²) in [6, 6.07) is 5.57. The van der Waals surface area contributed by atoms with E-state index in [1.165, 1.54) is 0 Å². The molecule has 1 atom stereocenters. The summed E-state index contributed by atoms with van der Waals surface area (Å²) in [5, 5.41) is 13.8. The van der Waals surface area contributed by atoms with Crippen molar-refractivity contribution in [2.45, 2.75) is 26.4 Å². The number of rotatable bonds is 5. The van der Waals surface area contributed by atoms with Gasteiger partial charge in [-0.3, -0.25) is 0 Å². The zero-order valence-electron chi connectivity index (χ0n) is 9.26. The summed E-state index contributed by atoms with van der Waals surface area (Å²) in [5.74, 6) is 0. The van der Waals surface area contributed by atoms with Crippen LogP contribution in [-0.2, 0) is 0 Å². The van der Waals surface area contributed by atoms with Crippen LogP contribution in [0.3, 0.4) is 0 Å². The molecule has 2 nitrogen and oxygen atoms in total. The number of nitrogens with one attached hydrogen (secondary N) is 1. The fourth-order valence-corrected chi connectivity index (χ4v) is 1.77. The Morgan fingerprint density at radius 3 is 2.80 bits per heavy atom. The maximum absolute atomic E-state index is 9.91. The van der Waals surface area contributed by atoms with Gasteiger partial charge in [-0.05, 0) is 43.1 Å². The van der Waals surface area contributed by atoms with Crippen molar-refractivity contribution in [1.82, 2.24) is 5.32 Å². The van der Waals surface area contributed by atoms with E-state index in [2.05, 4.69) is 12.2 Å². The summed E-state index contributed by atoms with van der Waals surface area (Å²) in [6.07, 6.45) is 0.626. The molecule has 0 amide bonds. The molecule has 0 aliphatic heterocycles. The van der Waals surface area contributed by atoms with Crippen LogP contribution < -0.4 is 5.32 Å². The van der Waals surface area contributed by atoms with Crippen molar-refractivity contribution in [3.8, 4) is 0 Å². The van der Waals surface area contributed by atoms with Crippen molar-refractivity contribution < 1.29 is 5.11 Å². The number of aliphatic hydroxyl groups is 1. The molecule has 0 saturated heterocycles. The Balaban J connectivity index is 2.61. The average molecular weight is 228 g/mol. The molecule has 0 saturated carbocycles. The number of benzene rings is 1. The van der Waals surface area contributed by atoms with Gasteiger partial charge in [0.05, 0.1) is 6.10 Å². The molecule has 0 radical (unpaired) electrons. The quantitative estimate of drug-likeness (QED) is 0.759. The predicted octanol–water partition coefficient (Wildman–Crippen LogP) is 2.68. The molecule has 1 aromatic carbocycles. The van der Waals surface area contributed by atoms with E-state index in [1.807, 2.05) is 25.1 Å². The van der Waals surface area contributed by atoms with E-state index in [-0.39, 0.29) is 0 Å². The van der Waals surface area contributed by atoms with E-state index in [4.69, 9.17) is 11.6 Å². The van der Waals surface area contributed by atoms with Crippen LogP contribution in [0.2, 0.25) is 5.02 Å². The topological polar surface area (TPSA) is 32.3 Å². The van der Waals surface area contributed by atoms with Gasteiger partial charge >= 0.3 is 0 Å². The largest absolute Gasteiger partial charge is 0.387 e. The second-order valence-electron chi connectivity index (χ2n) is 3.72. The maximum Gasteiger partial charge on any atom is 0.0916 e. The van der Waals surface area contributed by atoms with E-state index >= 15 is 0 Å². The van der Waals surface area contributed by atoms with Crippen LogP contribution >= 0.6 is 11.6 Å². The summed E-state index contributed by atoms with van der Waals surface area (Å²) in [4.78, 5) is 0. The lowest BCUT2D eigenvalue weighted by Crippen LogP contribution is -2.22. The highest BCUT2D eigenvalue weighted by Crippen LogP contribution is 2.20. The number of hydrogen-bond acceptors (Lipinski definition) is 2. The van der Waals surface area contributed by atoms with Gasteiger partial charge in [0.15, 0.2) is 0 Å². The lowest BCUT2D eigenvalue weighted by atomic mass is 10.0. The monoisotopic (exact) mass is 227 g/mol. The SMILES string of the molecule is CCCNCC(O)c1ccc(Cl)cc1C. The van der Waals surface area contributed by atoms with Crippen LogP contribution in [0.1, 0.15) is 30.6 Å². The molecule has 0 bridgehead atoms. The Labute approximate surface area is 96.3 Å². The summed E-state index contributed by atoms with van der Waals surface area (Å²) in [6.45, 7) is 5.59. The van der Waals surface area contributed by atoms with Gasteiger partial charge in [-0.1, -0.05) is 24.6 Å². The molecule has 15 heavy (non-hydrogen) atoms. The van der Waals surface area contributed by atoms with E-state index in [0.29, 0.717) is 11.6 Å². The van der Waals surface area contributed by atoms with Gasteiger partial charge in [-0.25, -0.2) is 0 Å². The van der Waals surface area contributed by atoms with Gasteiger partial charge < -0.3 is 10.4 Å². The van der Waals surface area contributed by atoms with Crippen molar-refractivity contribution in [3.63, 3.8) is 0 Å². The third-order valence-electron chi connectivity index (χ3n) is 2.36. The van der Waals surface area contributed by atoms with Crippen LogP contribution in [0.15, 0.2) is 18.2 Å². The number of aliphatic hydroxyl groups excluding tert-OH is 1. The Morgan fingerprint density at radius 2 is 2.20 bits per heavy atom. The van der Waals surface area contributed by atoms with Crippen molar-refractivity contribution in [2.75, 3.05) is 13.1 Å². The molecular formula is C12H18ClNO. The molecule has 1 rings (SSSR count). The lowest BCUT2D eigenvalue weighted by molar-refractivity contribution is 0.174. The number of aryl methyl sites for hydroxylation is 1. The first kappa shape index (κ1) is 12.5. The minimum atomic E-state index is -0.450. The molecule has 1 unspecified atom stereocenters. The first-order valence-electron chi connectivity index (χ1n) is 5.30. The van der Waals surface area contributed by atoms with Crippen LogP contribution in [0.25, 0.3) is 0 Å². The lowest BCUT2D eigenvalue weighted by Gasteiger charge is -2.14. The Hall–Kier alpha value is -0.570. The van der Waals surface area contributed by atoms with Gasteiger partial charge in [0.2, 0.25) is 0 Å². The van der Waals surface area contributed by atoms with E-state index in [9.17, 15) is 5.11 Å². The second kappa shape index (κ2) is 6.11. The van der Waals surface area contributed by atoms with Crippen LogP contribution in [0, 0.1) is 6.92 Å². The Bertz CT molecular complexity index is 314. The molecule has 0 fully saturated rings. The summed E-state index contributed by atoms with van der Waals surface area (Å²) in [7, 11) is 0. The minimum absolute atomic E-state index is 0.450. The van der Waals surface area contributed by atoms with Crippen LogP contribution in [-0.4, -0.2) is 18.2 Å². The molecule has 0 heterocycles. The first-order valence-corrected chi connectivity index (χ1v) is 5.67. The number of hydrogen-bond donors (Lipinski definition) is 2. The first-order chi connectivity index (χ1) is 7.15.